The number of rotatable bonds is 6. The highest BCUT2D eigenvalue weighted by atomic mass is 35.5. The second kappa shape index (κ2) is 8.22. The molecule has 1 atom stereocenters. The van der Waals surface area contributed by atoms with Crippen molar-refractivity contribution in [2.75, 3.05) is 13.2 Å². The lowest BCUT2D eigenvalue weighted by atomic mass is 10.1. The second-order valence-electron chi connectivity index (χ2n) is 5.25. The highest BCUT2D eigenvalue weighted by Gasteiger charge is 2.13. The Kier molecular flexibility index (Phi) is 6.29. The number of nitrogens with one attached hydrogen (secondary N) is 1. The number of ether oxygens (including phenoxy) is 1. The van der Waals surface area contributed by atoms with Crippen molar-refractivity contribution < 1.29 is 9.94 Å². The summed E-state index contributed by atoms with van der Waals surface area (Å²) in [4.78, 5) is 0. The summed E-state index contributed by atoms with van der Waals surface area (Å²) in [5.41, 5.74) is 7.14. The smallest absolute Gasteiger partial charge is 0.170 e. The fraction of sp³-hybridized carbons (Fsp3) is 0.533. The Morgan fingerprint density at radius 2 is 2.33 bits per heavy atom. The van der Waals surface area contributed by atoms with Crippen LogP contribution in [0.2, 0.25) is 5.02 Å². The van der Waals surface area contributed by atoms with Gasteiger partial charge in [-0.05, 0) is 43.9 Å². The minimum absolute atomic E-state index is 0.0610. The normalized spacial score (nSPS) is 19.7. The predicted octanol–water partition coefficient (Wildman–Crippen LogP) is 2.48. The SMILES string of the molecule is N/C(=N/O)c1ccc(CNCCC2CCCCO2)c(Cl)c1. The van der Waals surface area contributed by atoms with Gasteiger partial charge in [-0.15, -0.1) is 0 Å². The molecule has 0 amide bonds. The molecule has 6 heteroatoms. The minimum atomic E-state index is 0.0610. The van der Waals surface area contributed by atoms with Gasteiger partial charge in [-0.2, -0.15) is 0 Å². The number of nitrogens with zero attached hydrogens (tertiary/aromatic N) is 1. The van der Waals surface area contributed by atoms with E-state index in [1.54, 1.807) is 12.1 Å². The number of hydrogen-bond donors (Lipinski definition) is 3. The molecule has 1 fully saturated rings. The zero-order valence-electron chi connectivity index (χ0n) is 12.0. The van der Waals surface area contributed by atoms with Gasteiger partial charge in [0.2, 0.25) is 0 Å². The van der Waals surface area contributed by atoms with Crippen molar-refractivity contribution in [3.8, 4) is 0 Å². The van der Waals surface area contributed by atoms with Gasteiger partial charge >= 0.3 is 0 Å². The van der Waals surface area contributed by atoms with Crippen molar-refractivity contribution in [1.82, 2.24) is 5.32 Å². The molecule has 1 unspecified atom stereocenters. The molecular weight excluding hydrogens is 290 g/mol. The van der Waals surface area contributed by atoms with E-state index in [2.05, 4.69) is 10.5 Å². The largest absolute Gasteiger partial charge is 0.409 e. The lowest BCUT2D eigenvalue weighted by Gasteiger charge is -2.22. The molecule has 1 aromatic rings. The number of halogens is 1. The van der Waals surface area contributed by atoms with Crippen LogP contribution < -0.4 is 11.1 Å². The fourth-order valence-corrected chi connectivity index (χ4v) is 2.68. The lowest BCUT2D eigenvalue weighted by Crippen LogP contribution is -2.25. The van der Waals surface area contributed by atoms with E-state index in [1.165, 1.54) is 12.8 Å². The van der Waals surface area contributed by atoms with Gasteiger partial charge < -0.3 is 21.0 Å². The summed E-state index contributed by atoms with van der Waals surface area (Å²) in [6.07, 6.45) is 5.04. The van der Waals surface area contributed by atoms with E-state index >= 15 is 0 Å². The van der Waals surface area contributed by atoms with Gasteiger partial charge in [0.15, 0.2) is 5.84 Å². The van der Waals surface area contributed by atoms with Crippen LogP contribution in [0.1, 0.15) is 36.8 Å². The highest BCUT2D eigenvalue weighted by Crippen LogP contribution is 2.18. The summed E-state index contributed by atoms with van der Waals surface area (Å²) < 4.78 is 5.69. The molecule has 116 valence electrons. The monoisotopic (exact) mass is 311 g/mol. The molecule has 0 aromatic heterocycles. The van der Waals surface area contributed by atoms with Crippen LogP contribution in [0.25, 0.3) is 0 Å². The summed E-state index contributed by atoms with van der Waals surface area (Å²) in [6, 6.07) is 5.39. The van der Waals surface area contributed by atoms with Crippen molar-refractivity contribution in [2.24, 2.45) is 10.9 Å². The van der Waals surface area contributed by atoms with Crippen molar-refractivity contribution >= 4 is 17.4 Å². The number of hydrogen-bond acceptors (Lipinski definition) is 4. The first-order valence-corrected chi connectivity index (χ1v) is 7.67. The second-order valence-corrected chi connectivity index (χ2v) is 5.65. The van der Waals surface area contributed by atoms with Crippen molar-refractivity contribution in [1.29, 1.82) is 0 Å². The molecule has 2 rings (SSSR count). The summed E-state index contributed by atoms with van der Waals surface area (Å²) in [7, 11) is 0. The molecule has 0 bridgehead atoms. The van der Waals surface area contributed by atoms with E-state index in [9.17, 15) is 0 Å². The number of oxime groups is 1. The number of amidine groups is 1. The molecule has 1 aromatic carbocycles. The van der Waals surface area contributed by atoms with E-state index in [-0.39, 0.29) is 5.84 Å². The van der Waals surface area contributed by atoms with Gasteiger partial charge in [0.05, 0.1) is 6.10 Å². The Balaban J connectivity index is 1.77. The maximum absolute atomic E-state index is 8.64. The van der Waals surface area contributed by atoms with Gasteiger partial charge in [-0.25, -0.2) is 0 Å². The first-order chi connectivity index (χ1) is 10.2. The molecule has 1 heterocycles. The Hall–Kier alpha value is -1.30. The average Bonchev–Trinajstić information content (AvgIpc) is 2.53. The predicted molar refractivity (Wildman–Crippen MR) is 83.9 cm³/mol. The van der Waals surface area contributed by atoms with E-state index in [1.807, 2.05) is 6.07 Å². The van der Waals surface area contributed by atoms with Crippen LogP contribution in [-0.4, -0.2) is 30.3 Å². The maximum atomic E-state index is 8.64. The summed E-state index contributed by atoms with van der Waals surface area (Å²) >= 11 is 6.20. The molecule has 4 N–H and O–H groups in total. The molecule has 1 saturated heterocycles. The maximum Gasteiger partial charge on any atom is 0.170 e. The van der Waals surface area contributed by atoms with Crippen molar-refractivity contribution in [3.63, 3.8) is 0 Å². The molecule has 1 aliphatic heterocycles. The third-order valence-corrected chi connectivity index (χ3v) is 4.04. The number of nitrogens with two attached hydrogens (primary N) is 1. The Morgan fingerprint density at radius 1 is 1.48 bits per heavy atom. The van der Waals surface area contributed by atoms with E-state index in [0.717, 1.165) is 31.6 Å². The lowest BCUT2D eigenvalue weighted by molar-refractivity contribution is 0.0115. The molecule has 1 aliphatic rings. The van der Waals surface area contributed by atoms with Crippen LogP contribution in [0.5, 0.6) is 0 Å². The minimum Gasteiger partial charge on any atom is -0.409 e. The van der Waals surface area contributed by atoms with Crippen molar-refractivity contribution in [3.05, 3.63) is 34.3 Å². The van der Waals surface area contributed by atoms with E-state index < -0.39 is 0 Å². The number of benzene rings is 1. The zero-order chi connectivity index (χ0) is 15.1. The summed E-state index contributed by atoms with van der Waals surface area (Å²) in [6.45, 7) is 2.50. The molecule has 0 aliphatic carbocycles. The average molecular weight is 312 g/mol. The fourth-order valence-electron chi connectivity index (χ4n) is 2.43. The standard InChI is InChI=1S/C15H22ClN3O2/c16-14-9-11(15(17)19-20)4-5-12(14)10-18-7-6-13-3-1-2-8-21-13/h4-5,9,13,18,20H,1-3,6-8,10H2,(H2,17,19). The van der Waals surface area contributed by atoms with Gasteiger partial charge in [0.1, 0.15) is 0 Å². The molecule has 0 spiro atoms. The van der Waals surface area contributed by atoms with Gasteiger partial charge in [0.25, 0.3) is 0 Å². The van der Waals surface area contributed by atoms with Gasteiger partial charge in [-0.1, -0.05) is 28.9 Å². The highest BCUT2D eigenvalue weighted by molar-refractivity contribution is 6.31. The zero-order valence-corrected chi connectivity index (χ0v) is 12.8. The Bertz CT molecular complexity index is 488. The van der Waals surface area contributed by atoms with Gasteiger partial charge in [-0.3, -0.25) is 0 Å². The third-order valence-electron chi connectivity index (χ3n) is 3.69. The molecular formula is C15H22ClN3O2. The third kappa shape index (κ3) is 4.88. The van der Waals surface area contributed by atoms with Crippen LogP contribution >= 0.6 is 11.6 Å². The van der Waals surface area contributed by atoms with Crippen molar-refractivity contribution in [2.45, 2.75) is 38.3 Å². The Morgan fingerprint density at radius 3 is 3.00 bits per heavy atom. The topological polar surface area (TPSA) is 79.9 Å². The van der Waals surface area contributed by atoms with Crippen LogP contribution in [0, 0.1) is 0 Å². The Labute approximate surface area is 130 Å². The van der Waals surface area contributed by atoms with Gasteiger partial charge in [0, 0.05) is 23.7 Å². The van der Waals surface area contributed by atoms with E-state index in [0.29, 0.717) is 23.2 Å². The van der Waals surface area contributed by atoms with Crippen LogP contribution in [0.4, 0.5) is 0 Å². The van der Waals surface area contributed by atoms with E-state index in [4.69, 9.17) is 27.3 Å². The van der Waals surface area contributed by atoms with Crippen LogP contribution in [0.15, 0.2) is 23.4 Å². The first-order valence-electron chi connectivity index (χ1n) is 7.29. The molecule has 0 radical (unpaired) electrons. The summed E-state index contributed by atoms with van der Waals surface area (Å²) in [5, 5.41) is 15.6. The molecule has 5 nitrogen and oxygen atoms in total. The molecule has 0 saturated carbocycles. The first kappa shape index (κ1) is 16.1. The van der Waals surface area contributed by atoms with Crippen LogP contribution in [-0.2, 0) is 11.3 Å². The van der Waals surface area contributed by atoms with Crippen LogP contribution in [0.3, 0.4) is 0 Å². The molecule has 21 heavy (non-hydrogen) atoms. The summed E-state index contributed by atoms with van der Waals surface area (Å²) in [5.74, 6) is 0.0610. The quantitative estimate of drug-likeness (QED) is 0.248.